The molecule has 1 aliphatic heterocycles. The molecule has 5 nitrogen and oxygen atoms in total. The van der Waals surface area contributed by atoms with Gasteiger partial charge in [0.25, 0.3) is 5.91 Å². The zero-order valence-corrected chi connectivity index (χ0v) is 19.4. The number of aryl methyl sites for hydroxylation is 3. The molecule has 1 saturated heterocycles. The predicted molar refractivity (Wildman–Crippen MR) is 127 cm³/mol. The summed E-state index contributed by atoms with van der Waals surface area (Å²) in [5, 5.41) is 1.24. The number of fused-ring (bicyclic) bond motifs is 3. The first-order chi connectivity index (χ1) is 15.7. The Kier molecular flexibility index (Phi) is 6.09. The van der Waals surface area contributed by atoms with Crippen LogP contribution in [-0.2, 0) is 19.3 Å². The minimum atomic E-state index is -0.456. The molecule has 2 aromatic heterocycles. The van der Waals surface area contributed by atoms with Crippen molar-refractivity contribution in [3.63, 3.8) is 0 Å². The first-order valence-electron chi connectivity index (χ1n) is 11.8. The average Bonchev–Trinajstić information content (AvgIpc) is 2.99. The Morgan fingerprint density at radius 1 is 1.06 bits per heavy atom. The third-order valence-electron chi connectivity index (χ3n) is 6.54. The molecular formula is C25H29FN4OS. The van der Waals surface area contributed by atoms with Crippen LogP contribution in [0.1, 0.15) is 59.2 Å². The molecule has 0 saturated carbocycles. The minimum Gasteiger partial charge on any atom is -0.352 e. The molecule has 0 bridgehead atoms. The monoisotopic (exact) mass is 452 g/mol. The van der Waals surface area contributed by atoms with Crippen LogP contribution in [0.25, 0.3) is 10.2 Å². The third kappa shape index (κ3) is 3.98. The molecule has 1 aliphatic carbocycles. The molecule has 0 N–H and O–H groups in total. The summed E-state index contributed by atoms with van der Waals surface area (Å²) in [4.78, 5) is 29.5. The number of rotatable bonds is 4. The van der Waals surface area contributed by atoms with Crippen LogP contribution < -0.4 is 4.90 Å². The summed E-state index contributed by atoms with van der Waals surface area (Å²) in [7, 11) is 0. The summed E-state index contributed by atoms with van der Waals surface area (Å²) in [5.74, 6) is 1.27. The number of amides is 1. The molecule has 3 aromatic rings. The lowest BCUT2D eigenvalue weighted by Gasteiger charge is -2.36. The highest BCUT2D eigenvalue weighted by Crippen LogP contribution is 2.39. The lowest BCUT2D eigenvalue weighted by atomic mass is 10.1. The zero-order valence-electron chi connectivity index (χ0n) is 18.6. The first kappa shape index (κ1) is 21.3. The smallest absolute Gasteiger partial charge is 0.256 e. The van der Waals surface area contributed by atoms with Gasteiger partial charge in [-0.05, 0) is 49.8 Å². The molecule has 3 heterocycles. The summed E-state index contributed by atoms with van der Waals surface area (Å²) < 4.78 is 14.1. The average molecular weight is 453 g/mol. The number of carbonyl (C=O) groups excluding carboxylic acids is 1. The van der Waals surface area contributed by atoms with Gasteiger partial charge in [0.15, 0.2) is 0 Å². The second kappa shape index (κ2) is 9.14. The van der Waals surface area contributed by atoms with Gasteiger partial charge in [-0.25, -0.2) is 14.4 Å². The van der Waals surface area contributed by atoms with Crippen molar-refractivity contribution in [2.75, 3.05) is 31.1 Å². The van der Waals surface area contributed by atoms with E-state index in [1.54, 1.807) is 23.1 Å². The molecule has 0 spiro atoms. The molecule has 32 heavy (non-hydrogen) atoms. The van der Waals surface area contributed by atoms with Crippen LogP contribution in [0.3, 0.4) is 0 Å². The third-order valence-corrected chi connectivity index (χ3v) is 7.72. The predicted octanol–water partition coefficient (Wildman–Crippen LogP) is 5.01. The molecule has 0 unspecified atom stereocenters. The van der Waals surface area contributed by atoms with Crippen molar-refractivity contribution in [2.24, 2.45) is 0 Å². The largest absolute Gasteiger partial charge is 0.352 e. The van der Waals surface area contributed by atoms with Gasteiger partial charge in [-0.1, -0.05) is 25.5 Å². The minimum absolute atomic E-state index is 0.152. The maximum atomic E-state index is 14.1. The van der Waals surface area contributed by atoms with Gasteiger partial charge >= 0.3 is 0 Å². The Labute approximate surface area is 192 Å². The number of carbonyl (C=O) groups is 1. The van der Waals surface area contributed by atoms with Gasteiger partial charge in [-0.3, -0.25) is 4.79 Å². The lowest BCUT2D eigenvalue weighted by molar-refractivity contribution is 0.0742. The van der Waals surface area contributed by atoms with E-state index in [0.717, 1.165) is 42.2 Å². The fourth-order valence-corrected chi connectivity index (χ4v) is 6.12. The molecule has 1 aromatic carbocycles. The number of hydrogen-bond acceptors (Lipinski definition) is 5. The van der Waals surface area contributed by atoms with Crippen molar-refractivity contribution in [3.8, 4) is 0 Å². The number of aromatic nitrogens is 2. The summed E-state index contributed by atoms with van der Waals surface area (Å²) in [6, 6.07) is 6.23. The molecule has 0 atom stereocenters. The Balaban J connectivity index is 1.44. The van der Waals surface area contributed by atoms with E-state index < -0.39 is 5.82 Å². The Hall–Kier alpha value is -2.54. The van der Waals surface area contributed by atoms with Crippen LogP contribution in [0, 0.1) is 5.82 Å². The second-order valence-electron chi connectivity index (χ2n) is 8.72. The second-order valence-corrected chi connectivity index (χ2v) is 9.80. The molecule has 2 aliphatic rings. The van der Waals surface area contributed by atoms with Crippen molar-refractivity contribution in [3.05, 3.63) is 51.9 Å². The number of hydrogen-bond donors (Lipinski definition) is 0. The van der Waals surface area contributed by atoms with Crippen LogP contribution >= 0.6 is 11.3 Å². The molecule has 1 fully saturated rings. The van der Waals surface area contributed by atoms with E-state index in [1.165, 1.54) is 41.2 Å². The van der Waals surface area contributed by atoms with Crippen LogP contribution in [-0.4, -0.2) is 47.0 Å². The van der Waals surface area contributed by atoms with E-state index >= 15 is 0 Å². The Morgan fingerprint density at radius 3 is 2.62 bits per heavy atom. The molecular weight excluding hydrogens is 423 g/mol. The molecule has 7 heteroatoms. The number of piperazine rings is 1. The summed E-state index contributed by atoms with van der Waals surface area (Å²) in [6.07, 6.45) is 7.89. The number of anilines is 1. The standard InChI is InChI=1S/C25H29FN4OS/c1-2-8-21-27-23(22-18-10-4-3-5-12-20(18)32-24(22)28-21)29-13-15-30(16-14-29)25(31)17-9-6-7-11-19(17)26/h6-7,9,11H,2-5,8,10,12-16H2,1H3. The fraction of sp³-hybridized carbons (Fsp3) is 0.480. The SMILES string of the molecule is CCCc1nc(N2CCN(C(=O)c3ccccc3F)CC2)c2c3c(sc2n1)CCCCC3. The van der Waals surface area contributed by atoms with Crippen LogP contribution in [0.4, 0.5) is 10.2 Å². The van der Waals surface area contributed by atoms with Gasteiger partial charge in [-0.15, -0.1) is 11.3 Å². The number of halogens is 1. The van der Waals surface area contributed by atoms with Gasteiger partial charge in [0.2, 0.25) is 0 Å². The van der Waals surface area contributed by atoms with Crippen molar-refractivity contribution in [1.29, 1.82) is 0 Å². The van der Waals surface area contributed by atoms with Gasteiger partial charge in [0.1, 0.15) is 22.3 Å². The van der Waals surface area contributed by atoms with Gasteiger partial charge < -0.3 is 9.80 Å². The van der Waals surface area contributed by atoms with E-state index in [4.69, 9.17) is 9.97 Å². The van der Waals surface area contributed by atoms with Crippen molar-refractivity contribution >= 4 is 33.3 Å². The van der Waals surface area contributed by atoms with E-state index in [2.05, 4.69) is 11.8 Å². The molecule has 5 rings (SSSR count). The topological polar surface area (TPSA) is 49.3 Å². The maximum absolute atomic E-state index is 14.1. The molecule has 0 radical (unpaired) electrons. The normalized spacial score (nSPS) is 16.8. The van der Waals surface area contributed by atoms with Crippen LogP contribution in [0.15, 0.2) is 24.3 Å². The molecule has 168 valence electrons. The Morgan fingerprint density at radius 2 is 1.84 bits per heavy atom. The molecule has 1 amide bonds. The maximum Gasteiger partial charge on any atom is 0.256 e. The van der Waals surface area contributed by atoms with E-state index in [0.29, 0.717) is 26.2 Å². The highest BCUT2D eigenvalue weighted by Gasteiger charge is 2.28. The highest BCUT2D eigenvalue weighted by molar-refractivity contribution is 7.19. The van der Waals surface area contributed by atoms with E-state index in [9.17, 15) is 9.18 Å². The van der Waals surface area contributed by atoms with Crippen LogP contribution in [0.5, 0.6) is 0 Å². The summed E-state index contributed by atoms with van der Waals surface area (Å²) in [5.41, 5.74) is 1.60. The van der Waals surface area contributed by atoms with Crippen LogP contribution in [0.2, 0.25) is 0 Å². The summed E-state index contributed by atoms with van der Waals surface area (Å²) >= 11 is 1.85. The summed E-state index contributed by atoms with van der Waals surface area (Å²) in [6.45, 7) is 4.68. The fourth-order valence-electron chi connectivity index (χ4n) is 4.85. The van der Waals surface area contributed by atoms with E-state index in [-0.39, 0.29) is 11.5 Å². The lowest BCUT2D eigenvalue weighted by Crippen LogP contribution is -2.49. The number of nitrogens with zero attached hydrogens (tertiary/aromatic N) is 4. The van der Waals surface area contributed by atoms with Gasteiger partial charge in [0, 0.05) is 37.5 Å². The van der Waals surface area contributed by atoms with Gasteiger partial charge in [-0.2, -0.15) is 0 Å². The number of thiophene rings is 1. The number of benzene rings is 1. The van der Waals surface area contributed by atoms with Crippen molar-refractivity contribution in [1.82, 2.24) is 14.9 Å². The highest BCUT2D eigenvalue weighted by atomic mass is 32.1. The quantitative estimate of drug-likeness (QED) is 0.522. The van der Waals surface area contributed by atoms with E-state index in [1.807, 2.05) is 11.3 Å². The van der Waals surface area contributed by atoms with Gasteiger partial charge in [0.05, 0.1) is 10.9 Å². The zero-order chi connectivity index (χ0) is 22.1. The first-order valence-corrected chi connectivity index (χ1v) is 12.6. The van der Waals surface area contributed by atoms with Crippen molar-refractivity contribution in [2.45, 2.75) is 51.9 Å². The van der Waals surface area contributed by atoms with Crippen molar-refractivity contribution < 1.29 is 9.18 Å². The Bertz CT molecular complexity index is 1140.